The van der Waals surface area contributed by atoms with Crippen LogP contribution in [0.2, 0.25) is 0 Å². The summed E-state index contributed by atoms with van der Waals surface area (Å²) in [5, 5.41) is 16.8. The summed E-state index contributed by atoms with van der Waals surface area (Å²) in [6.07, 6.45) is 2.13. The van der Waals surface area contributed by atoms with Gasteiger partial charge in [0.2, 0.25) is 0 Å². The van der Waals surface area contributed by atoms with Crippen molar-refractivity contribution in [2.24, 2.45) is 0 Å². The zero-order valence-corrected chi connectivity index (χ0v) is 22.1. The van der Waals surface area contributed by atoms with Crippen LogP contribution in [-0.4, -0.2) is 41.7 Å². The number of para-hydroxylation sites is 1. The summed E-state index contributed by atoms with van der Waals surface area (Å²) in [5.74, 6) is -0.497. The number of halogens is 1. The van der Waals surface area contributed by atoms with E-state index >= 15 is 0 Å². The number of H-pyrrole nitrogens is 1. The van der Waals surface area contributed by atoms with Crippen LogP contribution < -0.4 is 20.1 Å². The van der Waals surface area contributed by atoms with Gasteiger partial charge in [-0.25, -0.2) is 0 Å². The summed E-state index contributed by atoms with van der Waals surface area (Å²) < 4.78 is 12.1. The van der Waals surface area contributed by atoms with E-state index in [1.54, 1.807) is 12.1 Å². The van der Waals surface area contributed by atoms with Gasteiger partial charge in [-0.15, -0.1) is 0 Å². The zero-order chi connectivity index (χ0) is 26.4. The normalized spacial score (nSPS) is 11.8. The summed E-state index contributed by atoms with van der Waals surface area (Å²) in [5.41, 5.74) is 4.27. The van der Waals surface area contributed by atoms with E-state index in [0.717, 1.165) is 22.0 Å². The van der Waals surface area contributed by atoms with E-state index < -0.39 is 12.0 Å². The molecule has 1 atom stereocenters. The lowest BCUT2D eigenvalue weighted by molar-refractivity contribution is -0.139. The molecule has 1 heterocycles. The Balaban J connectivity index is 1.48. The number of methoxy groups -OCH3 is 1. The lowest BCUT2D eigenvalue weighted by atomic mass is 10.0. The number of carbonyl (C=O) groups excluding carboxylic acids is 1. The van der Waals surface area contributed by atoms with Gasteiger partial charge in [-0.1, -0.05) is 51.8 Å². The number of fused-ring (bicyclic) bond motifs is 1. The first kappa shape index (κ1) is 26.2. The molecule has 4 aromatic rings. The molecule has 3 aromatic carbocycles. The van der Waals surface area contributed by atoms with E-state index in [9.17, 15) is 14.7 Å². The number of benzene rings is 3. The Hall–Kier alpha value is -3.82. The van der Waals surface area contributed by atoms with Crippen LogP contribution in [0.3, 0.4) is 0 Å². The monoisotopic (exact) mass is 565 g/mol. The minimum Gasteiger partial charge on any atom is -0.493 e. The third kappa shape index (κ3) is 6.49. The number of rotatable bonds is 11. The van der Waals surface area contributed by atoms with E-state index in [0.29, 0.717) is 27.2 Å². The highest BCUT2D eigenvalue weighted by atomic mass is 79.9. The van der Waals surface area contributed by atoms with Gasteiger partial charge in [0, 0.05) is 45.8 Å². The molecule has 1 amide bonds. The van der Waals surface area contributed by atoms with Crippen LogP contribution in [0.4, 0.5) is 5.69 Å². The van der Waals surface area contributed by atoms with Crippen molar-refractivity contribution in [3.63, 3.8) is 0 Å². The molecule has 8 nitrogen and oxygen atoms in total. The molecule has 0 bridgehead atoms. The molecule has 4 N–H and O–H groups in total. The number of ether oxygens (including phenoxy) is 2. The van der Waals surface area contributed by atoms with Crippen LogP contribution in [0.1, 0.15) is 16.7 Å². The van der Waals surface area contributed by atoms with Crippen molar-refractivity contribution in [3.05, 3.63) is 88.0 Å². The minimum absolute atomic E-state index is 0.173. The van der Waals surface area contributed by atoms with Gasteiger partial charge in [-0.2, -0.15) is 0 Å². The first-order valence-electron chi connectivity index (χ1n) is 11.7. The molecule has 0 saturated carbocycles. The molecule has 9 heteroatoms. The fraction of sp³-hybridized carbons (Fsp3) is 0.214. The van der Waals surface area contributed by atoms with E-state index in [1.807, 2.05) is 61.7 Å². The van der Waals surface area contributed by atoms with Crippen molar-refractivity contribution in [3.8, 4) is 11.5 Å². The Bertz CT molecular complexity index is 1400. The number of aromatic amines is 1. The molecule has 0 aliphatic carbocycles. The Morgan fingerprint density at radius 3 is 2.57 bits per heavy atom. The molecule has 0 fully saturated rings. The standard InChI is InChI=1S/C28H28BrN3O5/c1-17-7-9-19(10-8-17)32-26(33)16-37-27-21(22(29)11-12-25(27)36-2)15-31-24(28(34)35)13-18-14-30-23-6-4-3-5-20(18)23/h3-12,14,24,30-31H,13,15-16H2,1-2H3,(H,32,33)(H,34,35). The number of aryl methyl sites for hydroxylation is 1. The molecule has 0 radical (unpaired) electrons. The third-order valence-electron chi connectivity index (χ3n) is 5.99. The predicted octanol–water partition coefficient (Wildman–Crippen LogP) is 5.05. The maximum Gasteiger partial charge on any atom is 0.321 e. The van der Waals surface area contributed by atoms with E-state index in [-0.39, 0.29) is 25.5 Å². The van der Waals surface area contributed by atoms with Crippen LogP contribution in [0.15, 0.2) is 71.3 Å². The van der Waals surface area contributed by atoms with Gasteiger partial charge in [0.1, 0.15) is 6.04 Å². The van der Waals surface area contributed by atoms with E-state index in [1.165, 1.54) is 7.11 Å². The zero-order valence-electron chi connectivity index (χ0n) is 20.5. The second kappa shape index (κ2) is 11.9. The first-order chi connectivity index (χ1) is 17.9. The van der Waals surface area contributed by atoms with Crippen LogP contribution >= 0.6 is 15.9 Å². The number of anilines is 1. The van der Waals surface area contributed by atoms with Crippen LogP contribution in [0.25, 0.3) is 10.9 Å². The number of hydrogen-bond acceptors (Lipinski definition) is 5. The van der Waals surface area contributed by atoms with E-state index in [2.05, 4.69) is 31.5 Å². The van der Waals surface area contributed by atoms with Crippen molar-refractivity contribution in [1.82, 2.24) is 10.3 Å². The Morgan fingerprint density at radius 1 is 1.08 bits per heavy atom. The third-order valence-corrected chi connectivity index (χ3v) is 6.74. The SMILES string of the molecule is COc1ccc(Br)c(CNC(Cc2c[nH]c3ccccc23)C(=O)O)c1OCC(=O)Nc1ccc(C)cc1. The Morgan fingerprint density at radius 2 is 1.84 bits per heavy atom. The average Bonchev–Trinajstić information content (AvgIpc) is 3.30. The lowest BCUT2D eigenvalue weighted by Gasteiger charge is -2.19. The van der Waals surface area contributed by atoms with Crippen molar-refractivity contribution >= 4 is 44.4 Å². The fourth-order valence-electron chi connectivity index (χ4n) is 4.03. The highest BCUT2D eigenvalue weighted by Crippen LogP contribution is 2.36. The highest BCUT2D eigenvalue weighted by Gasteiger charge is 2.22. The molecule has 0 spiro atoms. The molecule has 0 aliphatic heterocycles. The van der Waals surface area contributed by atoms with Crippen molar-refractivity contribution < 1.29 is 24.2 Å². The van der Waals surface area contributed by atoms with Gasteiger partial charge < -0.3 is 24.9 Å². The lowest BCUT2D eigenvalue weighted by Crippen LogP contribution is -2.38. The maximum absolute atomic E-state index is 12.5. The number of amides is 1. The number of hydrogen-bond donors (Lipinski definition) is 4. The topological polar surface area (TPSA) is 113 Å². The summed E-state index contributed by atoms with van der Waals surface area (Å²) in [6.45, 7) is 1.90. The number of aliphatic carboxylic acids is 1. The number of carbonyl (C=O) groups is 2. The molecule has 1 unspecified atom stereocenters. The summed E-state index contributed by atoms with van der Waals surface area (Å²) in [7, 11) is 1.51. The quantitative estimate of drug-likeness (QED) is 0.202. The molecule has 1 aromatic heterocycles. The van der Waals surface area contributed by atoms with Gasteiger partial charge in [0.05, 0.1) is 7.11 Å². The summed E-state index contributed by atoms with van der Waals surface area (Å²) in [4.78, 5) is 27.8. The molecular weight excluding hydrogens is 538 g/mol. The summed E-state index contributed by atoms with van der Waals surface area (Å²) >= 11 is 3.53. The van der Waals surface area contributed by atoms with Crippen LogP contribution in [-0.2, 0) is 22.6 Å². The molecule has 0 aliphatic rings. The maximum atomic E-state index is 12.5. The number of nitrogens with one attached hydrogen (secondary N) is 3. The second-order valence-corrected chi connectivity index (χ2v) is 9.45. The second-order valence-electron chi connectivity index (χ2n) is 8.60. The molecule has 192 valence electrons. The first-order valence-corrected chi connectivity index (χ1v) is 12.5. The average molecular weight is 566 g/mol. The number of aromatic nitrogens is 1. The van der Waals surface area contributed by atoms with Gasteiger partial charge in [0.15, 0.2) is 18.1 Å². The Labute approximate surface area is 223 Å². The number of carboxylic acids is 1. The van der Waals surface area contributed by atoms with Crippen molar-refractivity contribution in [2.45, 2.75) is 25.9 Å². The van der Waals surface area contributed by atoms with Crippen LogP contribution in [0.5, 0.6) is 11.5 Å². The van der Waals surface area contributed by atoms with Gasteiger partial charge in [0.25, 0.3) is 5.91 Å². The van der Waals surface area contributed by atoms with E-state index in [4.69, 9.17) is 9.47 Å². The smallest absolute Gasteiger partial charge is 0.321 e. The molecule has 37 heavy (non-hydrogen) atoms. The minimum atomic E-state index is -0.968. The van der Waals surface area contributed by atoms with Gasteiger partial charge >= 0.3 is 5.97 Å². The van der Waals surface area contributed by atoms with Gasteiger partial charge in [-0.3, -0.25) is 14.9 Å². The Kier molecular flexibility index (Phi) is 8.47. The highest BCUT2D eigenvalue weighted by molar-refractivity contribution is 9.10. The largest absolute Gasteiger partial charge is 0.493 e. The van der Waals surface area contributed by atoms with Crippen molar-refractivity contribution in [2.75, 3.05) is 19.0 Å². The van der Waals surface area contributed by atoms with Crippen LogP contribution in [0, 0.1) is 6.92 Å². The van der Waals surface area contributed by atoms with Gasteiger partial charge in [-0.05, 0) is 42.8 Å². The molecule has 4 rings (SSSR count). The predicted molar refractivity (Wildman–Crippen MR) is 146 cm³/mol. The summed E-state index contributed by atoms with van der Waals surface area (Å²) in [6, 6.07) is 17.9. The number of carboxylic acid groups (broad SMARTS) is 1. The molecular formula is C28H28BrN3O5. The fourth-order valence-corrected chi connectivity index (χ4v) is 4.48. The molecule has 0 saturated heterocycles. The van der Waals surface area contributed by atoms with Crippen molar-refractivity contribution in [1.29, 1.82) is 0 Å².